The van der Waals surface area contributed by atoms with Crippen molar-refractivity contribution in [2.24, 2.45) is 0 Å². The number of amides is 3. The van der Waals surface area contributed by atoms with E-state index in [0.717, 1.165) is 28.7 Å². The highest BCUT2D eigenvalue weighted by Crippen LogP contribution is 2.32. The fourth-order valence-electron chi connectivity index (χ4n) is 3.33. The first-order valence-corrected chi connectivity index (χ1v) is 10.4. The molecule has 1 aromatic heterocycles. The van der Waals surface area contributed by atoms with Gasteiger partial charge in [-0.2, -0.15) is 0 Å². The van der Waals surface area contributed by atoms with Crippen molar-refractivity contribution in [3.05, 3.63) is 81.3 Å². The molecule has 3 amide bonds. The number of ether oxygens (including phenoxy) is 1. The van der Waals surface area contributed by atoms with Crippen LogP contribution in [-0.4, -0.2) is 21.8 Å². The van der Waals surface area contributed by atoms with Gasteiger partial charge in [-0.15, -0.1) is 11.3 Å². The van der Waals surface area contributed by atoms with Gasteiger partial charge in [-0.25, -0.2) is 18.6 Å². The Morgan fingerprint density at radius 2 is 1.90 bits per heavy atom. The lowest BCUT2D eigenvalue weighted by Gasteiger charge is -2.22. The molecule has 9 heteroatoms. The Bertz CT molecular complexity index is 1150. The van der Waals surface area contributed by atoms with Crippen LogP contribution in [-0.2, 0) is 23.5 Å². The molecule has 31 heavy (non-hydrogen) atoms. The van der Waals surface area contributed by atoms with Crippen LogP contribution < -0.4 is 10.1 Å². The average molecular weight is 443 g/mol. The molecule has 0 saturated carbocycles. The second kappa shape index (κ2) is 8.07. The Morgan fingerprint density at radius 1 is 1.16 bits per heavy atom. The summed E-state index contributed by atoms with van der Waals surface area (Å²) >= 11 is 1.34. The van der Waals surface area contributed by atoms with Crippen molar-refractivity contribution in [3.8, 4) is 5.75 Å². The Kier molecular flexibility index (Phi) is 5.45. The third kappa shape index (κ3) is 4.13. The number of carbonyl (C=O) groups excluding carboxylic acids is 2. The maximum absolute atomic E-state index is 14.3. The molecule has 2 aromatic carbocycles. The van der Waals surface area contributed by atoms with Gasteiger partial charge in [0.05, 0.1) is 12.2 Å². The van der Waals surface area contributed by atoms with Gasteiger partial charge < -0.3 is 10.1 Å². The van der Waals surface area contributed by atoms with Crippen molar-refractivity contribution in [1.29, 1.82) is 0 Å². The van der Waals surface area contributed by atoms with Crippen LogP contribution in [0.5, 0.6) is 5.75 Å². The molecule has 1 fully saturated rings. The molecule has 6 nitrogen and oxygen atoms in total. The number of thiazole rings is 1. The highest BCUT2D eigenvalue weighted by atomic mass is 32.1. The summed E-state index contributed by atoms with van der Waals surface area (Å²) < 4.78 is 33.6. The van der Waals surface area contributed by atoms with E-state index in [1.165, 1.54) is 18.3 Å². The number of aryl methyl sites for hydroxylation is 1. The van der Waals surface area contributed by atoms with Gasteiger partial charge in [0.2, 0.25) is 0 Å². The van der Waals surface area contributed by atoms with E-state index < -0.39 is 29.1 Å². The Morgan fingerprint density at radius 3 is 2.65 bits per heavy atom. The van der Waals surface area contributed by atoms with Crippen molar-refractivity contribution < 1.29 is 23.1 Å². The highest BCUT2D eigenvalue weighted by molar-refractivity contribution is 7.09. The summed E-state index contributed by atoms with van der Waals surface area (Å²) in [5.41, 5.74) is -0.294. The predicted octanol–water partition coefficient (Wildman–Crippen LogP) is 4.28. The maximum Gasteiger partial charge on any atom is 0.325 e. The minimum absolute atomic E-state index is 0.0851. The molecule has 1 unspecified atom stereocenters. The minimum Gasteiger partial charge on any atom is -0.486 e. The molecule has 4 rings (SSSR count). The van der Waals surface area contributed by atoms with Crippen molar-refractivity contribution in [2.45, 2.75) is 32.5 Å². The zero-order valence-corrected chi connectivity index (χ0v) is 17.6. The normalized spacial score (nSPS) is 18.4. The van der Waals surface area contributed by atoms with E-state index in [-0.39, 0.29) is 18.7 Å². The second-order valence-electron chi connectivity index (χ2n) is 7.40. The molecule has 1 aliphatic heterocycles. The van der Waals surface area contributed by atoms with E-state index in [0.29, 0.717) is 16.5 Å². The van der Waals surface area contributed by atoms with E-state index in [1.807, 2.05) is 31.2 Å². The number of aromatic nitrogens is 1. The van der Waals surface area contributed by atoms with Crippen LogP contribution in [0.3, 0.4) is 0 Å². The van der Waals surface area contributed by atoms with Gasteiger partial charge in [0.15, 0.2) is 0 Å². The van der Waals surface area contributed by atoms with Crippen LogP contribution in [0, 0.1) is 18.6 Å². The van der Waals surface area contributed by atoms with Crippen molar-refractivity contribution in [1.82, 2.24) is 15.2 Å². The SMILES string of the molecule is Cc1ccc(OCc2nc(CN3C(=O)NC(C)(c4cc(F)ccc4F)C3=O)cs2)cc1. The zero-order chi connectivity index (χ0) is 22.2. The standard InChI is InChI=1S/C22H19F2N3O3S/c1-13-3-6-16(7-4-13)30-11-19-25-15(12-31-19)10-27-20(28)22(2,26-21(27)29)17-9-14(23)5-8-18(17)24/h3-9,12H,10-11H2,1-2H3,(H,26,29). The van der Waals surface area contributed by atoms with Crippen LogP contribution >= 0.6 is 11.3 Å². The van der Waals surface area contributed by atoms with Crippen LogP contribution in [0.15, 0.2) is 47.8 Å². The minimum atomic E-state index is -1.70. The summed E-state index contributed by atoms with van der Waals surface area (Å²) in [5.74, 6) is -1.43. The zero-order valence-electron chi connectivity index (χ0n) is 16.8. The van der Waals surface area contributed by atoms with Crippen LogP contribution in [0.2, 0.25) is 0 Å². The number of hydrogen-bond acceptors (Lipinski definition) is 5. The number of imide groups is 1. The second-order valence-corrected chi connectivity index (χ2v) is 8.35. The Balaban J connectivity index is 1.46. The van der Waals surface area contributed by atoms with E-state index >= 15 is 0 Å². The smallest absolute Gasteiger partial charge is 0.325 e. The van der Waals surface area contributed by atoms with Crippen molar-refractivity contribution in [3.63, 3.8) is 0 Å². The highest BCUT2D eigenvalue weighted by Gasteiger charge is 2.50. The number of urea groups is 1. The molecular weight excluding hydrogens is 424 g/mol. The number of benzene rings is 2. The summed E-state index contributed by atoms with van der Waals surface area (Å²) in [6, 6.07) is 9.72. The Labute approximate surface area is 181 Å². The number of nitrogens with one attached hydrogen (secondary N) is 1. The molecule has 0 spiro atoms. The van der Waals surface area contributed by atoms with Gasteiger partial charge in [-0.3, -0.25) is 9.69 Å². The number of rotatable bonds is 6. The van der Waals surface area contributed by atoms with Crippen LogP contribution in [0.4, 0.5) is 13.6 Å². The van der Waals surface area contributed by atoms with Crippen LogP contribution in [0.25, 0.3) is 0 Å². The number of nitrogens with zero attached hydrogens (tertiary/aromatic N) is 2. The van der Waals surface area contributed by atoms with E-state index in [4.69, 9.17) is 4.74 Å². The van der Waals surface area contributed by atoms with Gasteiger partial charge in [-0.05, 0) is 44.2 Å². The molecule has 3 aromatic rings. The van der Waals surface area contributed by atoms with Gasteiger partial charge >= 0.3 is 6.03 Å². The molecule has 0 aliphatic carbocycles. The number of halogens is 2. The quantitative estimate of drug-likeness (QED) is 0.578. The number of hydrogen-bond donors (Lipinski definition) is 1. The molecule has 1 saturated heterocycles. The largest absolute Gasteiger partial charge is 0.486 e. The summed E-state index contributed by atoms with van der Waals surface area (Å²) in [5, 5.41) is 4.89. The molecule has 0 bridgehead atoms. The fraction of sp³-hybridized carbons (Fsp3) is 0.227. The van der Waals surface area contributed by atoms with Crippen molar-refractivity contribution in [2.75, 3.05) is 0 Å². The monoisotopic (exact) mass is 443 g/mol. The first kappa shape index (κ1) is 20.9. The summed E-state index contributed by atoms with van der Waals surface area (Å²) in [4.78, 5) is 30.8. The molecule has 1 atom stereocenters. The van der Waals surface area contributed by atoms with E-state index in [2.05, 4.69) is 10.3 Å². The lowest BCUT2D eigenvalue weighted by Crippen LogP contribution is -2.41. The molecule has 1 N–H and O–H groups in total. The summed E-state index contributed by atoms with van der Waals surface area (Å²) in [6.45, 7) is 3.51. The maximum atomic E-state index is 14.3. The molecule has 0 radical (unpaired) electrons. The average Bonchev–Trinajstić information content (AvgIpc) is 3.28. The lowest BCUT2D eigenvalue weighted by atomic mass is 9.91. The van der Waals surface area contributed by atoms with Gasteiger partial charge in [0.25, 0.3) is 5.91 Å². The lowest BCUT2D eigenvalue weighted by molar-refractivity contribution is -0.131. The van der Waals surface area contributed by atoms with Gasteiger partial charge in [0, 0.05) is 10.9 Å². The number of carbonyl (C=O) groups is 2. The van der Waals surface area contributed by atoms with E-state index in [9.17, 15) is 18.4 Å². The van der Waals surface area contributed by atoms with Gasteiger partial charge in [-0.1, -0.05) is 17.7 Å². The molecule has 1 aliphatic rings. The summed E-state index contributed by atoms with van der Waals surface area (Å²) in [6.07, 6.45) is 0. The topological polar surface area (TPSA) is 71.5 Å². The fourth-order valence-corrected chi connectivity index (χ4v) is 4.03. The van der Waals surface area contributed by atoms with Gasteiger partial charge in [0.1, 0.15) is 34.5 Å². The Hall–Kier alpha value is -3.33. The first-order chi connectivity index (χ1) is 14.8. The first-order valence-electron chi connectivity index (χ1n) is 9.48. The third-order valence-corrected chi connectivity index (χ3v) is 5.92. The molecular formula is C22H19F2N3O3S. The molecule has 160 valence electrons. The molecule has 2 heterocycles. The van der Waals surface area contributed by atoms with E-state index in [1.54, 1.807) is 5.38 Å². The van der Waals surface area contributed by atoms with Crippen LogP contribution in [0.1, 0.15) is 28.8 Å². The summed E-state index contributed by atoms with van der Waals surface area (Å²) in [7, 11) is 0. The predicted molar refractivity (Wildman–Crippen MR) is 110 cm³/mol. The van der Waals surface area contributed by atoms with Crippen molar-refractivity contribution >= 4 is 23.3 Å². The third-order valence-electron chi connectivity index (χ3n) is 5.04.